The van der Waals surface area contributed by atoms with E-state index in [1.54, 1.807) is 31.0 Å². The van der Waals surface area contributed by atoms with Crippen LogP contribution in [-0.2, 0) is 4.79 Å². The fraction of sp³-hybridized carbons (Fsp3) is 0.176. The van der Waals surface area contributed by atoms with Crippen LogP contribution < -0.4 is 14.8 Å². The van der Waals surface area contributed by atoms with Crippen LogP contribution in [0.5, 0.6) is 11.5 Å². The predicted octanol–water partition coefficient (Wildman–Crippen LogP) is 2.41. The minimum Gasteiger partial charge on any atom is -0.497 e. The van der Waals surface area contributed by atoms with Crippen LogP contribution in [0.15, 0.2) is 53.7 Å². The third kappa shape index (κ3) is 4.12. The molecule has 3 aromatic rings. The molecule has 8 nitrogen and oxygen atoms in total. The molecule has 0 aliphatic rings. The normalized spacial score (nSPS) is 10.4. The second kappa shape index (κ2) is 8.34. The number of methoxy groups -OCH3 is 2. The van der Waals surface area contributed by atoms with Crippen LogP contribution in [0.4, 0.5) is 5.69 Å². The molecule has 26 heavy (non-hydrogen) atoms. The number of thioether (sulfide) groups is 1. The molecule has 0 aliphatic heterocycles. The van der Waals surface area contributed by atoms with Crippen molar-refractivity contribution in [2.24, 2.45) is 0 Å². The number of carbonyl (C=O) groups is 1. The molecule has 0 fully saturated rings. The van der Waals surface area contributed by atoms with Crippen molar-refractivity contribution in [3.05, 3.63) is 48.5 Å². The van der Waals surface area contributed by atoms with Crippen molar-refractivity contribution in [3.8, 4) is 17.2 Å². The number of benzene rings is 2. The average molecular weight is 371 g/mol. The Morgan fingerprint density at radius 2 is 2.00 bits per heavy atom. The molecule has 134 valence electrons. The van der Waals surface area contributed by atoms with Gasteiger partial charge in [-0.25, -0.2) is 0 Å². The Morgan fingerprint density at radius 1 is 1.15 bits per heavy atom. The van der Waals surface area contributed by atoms with Crippen molar-refractivity contribution in [1.29, 1.82) is 0 Å². The van der Waals surface area contributed by atoms with Gasteiger partial charge in [0, 0.05) is 11.8 Å². The summed E-state index contributed by atoms with van der Waals surface area (Å²) in [4.78, 5) is 12.2. The van der Waals surface area contributed by atoms with Crippen molar-refractivity contribution in [1.82, 2.24) is 20.2 Å². The predicted molar refractivity (Wildman–Crippen MR) is 98.1 cm³/mol. The van der Waals surface area contributed by atoms with Gasteiger partial charge in [-0.3, -0.25) is 4.79 Å². The van der Waals surface area contributed by atoms with Gasteiger partial charge in [-0.15, -0.1) is 5.10 Å². The van der Waals surface area contributed by atoms with Crippen molar-refractivity contribution in [2.75, 3.05) is 25.3 Å². The highest BCUT2D eigenvalue weighted by Gasteiger charge is 2.14. The average Bonchev–Trinajstić information content (AvgIpc) is 3.15. The Labute approximate surface area is 154 Å². The molecule has 0 bridgehead atoms. The molecule has 0 spiro atoms. The first-order valence-corrected chi connectivity index (χ1v) is 8.68. The molecule has 1 N–H and O–H groups in total. The summed E-state index contributed by atoms with van der Waals surface area (Å²) in [6.45, 7) is 0. The summed E-state index contributed by atoms with van der Waals surface area (Å²) < 4.78 is 12.0. The van der Waals surface area contributed by atoms with E-state index in [2.05, 4.69) is 20.8 Å². The second-order valence-corrected chi connectivity index (χ2v) is 6.06. The Morgan fingerprint density at radius 3 is 2.81 bits per heavy atom. The number of anilines is 1. The van der Waals surface area contributed by atoms with Crippen molar-refractivity contribution in [3.63, 3.8) is 0 Å². The zero-order valence-corrected chi connectivity index (χ0v) is 15.1. The maximum atomic E-state index is 12.2. The molecule has 0 aliphatic carbocycles. The summed E-state index contributed by atoms with van der Waals surface area (Å²) in [5.74, 6) is 1.31. The minimum absolute atomic E-state index is 0.159. The molecule has 1 heterocycles. The molecular formula is C17H17N5O3S. The summed E-state index contributed by atoms with van der Waals surface area (Å²) in [6.07, 6.45) is 0. The van der Waals surface area contributed by atoms with E-state index in [-0.39, 0.29) is 11.7 Å². The van der Waals surface area contributed by atoms with E-state index >= 15 is 0 Å². The molecule has 0 radical (unpaired) electrons. The summed E-state index contributed by atoms with van der Waals surface area (Å²) in [5.41, 5.74) is 1.37. The van der Waals surface area contributed by atoms with Gasteiger partial charge >= 0.3 is 0 Å². The van der Waals surface area contributed by atoms with Gasteiger partial charge in [-0.05, 0) is 34.7 Å². The summed E-state index contributed by atoms with van der Waals surface area (Å²) in [5, 5.41) is 15.0. The number of tetrazole rings is 1. The summed E-state index contributed by atoms with van der Waals surface area (Å²) in [6, 6.07) is 14.6. The molecule has 0 saturated carbocycles. The SMILES string of the molecule is COc1cccc(NC(=O)CSc2nnnn2-c2ccccc2OC)c1. The highest BCUT2D eigenvalue weighted by Crippen LogP contribution is 2.25. The van der Waals surface area contributed by atoms with E-state index in [0.29, 0.717) is 28.0 Å². The Hall–Kier alpha value is -3.07. The molecule has 1 amide bonds. The third-order valence-corrected chi connectivity index (χ3v) is 4.36. The van der Waals surface area contributed by atoms with Gasteiger partial charge < -0.3 is 14.8 Å². The highest BCUT2D eigenvalue weighted by atomic mass is 32.2. The van der Waals surface area contributed by atoms with Gasteiger partial charge in [0.1, 0.15) is 17.2 Å². The Bertz CT molecular complexity index is 899. The lowest BCUT2D eigenvalue weighted by atomic mass is 10.3. The molecule has 2 aromatic carbocycles. The Balaban J connectivity index is 1.67. The fourth-order valence-corrected chi connectivity index (χ4v) is 2.94. The van der Waals surface area contributed by atoms with Crippen LogP contribution in [0.25, 0.3) is 5.69 Å². The molecule has 0 saturated heterocycles. The van der Waals surface area contributed by atoms with Crippen molar-refractivity contribution < 1.29 is 14.3 Å². The van der Waals surface area contributed by atoms with E-state index < -0.39 is 0 Å². The van der Waals surface area contributed by atoms with Gasteiger partial charge in [-0.1, -0.05) is 30.0 Å². The summed E-state index contributed by atoms with van der Waals surface area (Å²) in [7, 11) is 3.16. The minimum atomic E-state index is -0.169. The van der Waals surface area contributed by atoms with Crippen molar-refractivity contribution in [2.45, 2.75) is 5.16 Å². The standard InChI is InChI=1S/C17H17N5O3S/c1-24-13-7-5-6-12(10-13)18-16(23)11-26-17-19-20-21-22(17)14-8-3-4-9-15(14)25-2/h3-10H,11H2,1-2H3,(H,18,23). The maximum absolute atomic E-state index is 12.2. The zero-order valence-electron chi connectivity index (χ0n) is 14.2. The van der Waals surface area contributed by atoms with E-state index in [4.69, 9.17) is 9.47 Å². The molecule has 3 rings (SSSR count). The second-order valence-electron chi connectivity index (χ2n) is 5.11. The molecule has 1 aromatic heterocycles. The first-order chi connectivity index (χ1) is 12.7. The summed E-state index contributed by atoms with van der Waals surface area (Å²) >= 11 is 1.23. The number of carbonyl (C=O) groups excluding carboxylic acids is 1. The van der Waals surface area contributed by atoms with Gasteiger partial charge in [0.15, 0.2) is 0 Å². The molecule has 0 unspecified atom stereocenters. The lowest BCUT2D eigenvalue weighted by Gasteiger charge is -2.09. The topological polar surface area (TPSA) is 91.2 Å². The quantitative estimate of drug-likeness (QED) is 0.638. The number of nitrogens with zero attached hydrogens (tertiary/aromatic N) is 4. The number of hydrogen-bond donors (Lipinski definition) is 1. The lowest BCUT2D eigenvalue weighted by Crippen LogP contribution is -2.14. The fourth-order valence-electron chi connectivity index (χ4n) is 2.25. The molecule has 9 heteroatoms. The monoisotopic (exact) mass is 371 g/mol. The Kier molecular flexibility index (Phi) is 5.69. The van der Waals surface area contributed by atoms with Crippen LogP contribution in [0.3, 0.4) is 0 Å². The third-order valence-electron chi connectivity index (χ3n) is 3.44. The smallest absolute Gasteiger partial charge is 0.234 e. The van der Waals surface area contributed by atoms with E-state index in [1.807, 2.05) is 36.4 Å². The van der Waals surface area contributed by atoms with Gasteiger partial charge in [0.05, 0.1) is 20.0 Å². The van der Waals surface area contributed by atoms with Crippen LogP contribution in [-0.4, -0.2) is 46.1 Å². The van der Waals surface area contributed by atoms with E-state index in [1.165, 1.54) is 11.8 Å². The first-order valence-electron chi connectivity index (χ1n) is 7.69. The highest BCUT2D eigenvalue weighted by molar-refractivity contribution is 7.99. The number of hydrogen-bond acceptors (Lipinski definition) is 7. The first kappa shape index (κ1) is 17.7. The van der Waals surface area contributed by atoms with Crippen LogP contribution >= 0.6 is 11.8 Å². The van der Waals surface area contributed by atoms with Crippen molar-refractivity contribution >= 4 is 23.4 Å². The number of nitrogens with one attached hydrogen (secondary N) is 1. The van der Waals surface area contributed by atoms with Gasteiger partial charge in [0.25, 0.3) is 0 Å². The maximum Gasteiger partial charge on any atom is 0.234 e. The molecular weight excluding hydrogens is 354 g/mol. The number of aromatic nitrogens is 4. The number of ether oxygens (including phenoxy) is 2. The number of amides is 1. The molecule has 0 atom stereocenters. The van der Waals surface area contributed by atoms with Gasteiger partial charge in [-0.2, -0.15) is 4.68 Å². The van der Waals surface area contributed by atoms with Crippen LogP contribution in [0, 0.1) is 0 Å². The number of rotatable bonds is 7. The van der Waals surface area contributed by atoms with E-state index in [0.717, 1.165) is 0 Å². The zero-order chi connectivity index (χ0) is 18.4. The van der Waals surface area contributed by atoms with Crippen LogP contribution in [0.2, 0.25) is 0 Å². The van der Waals surface area contributed by atoms with Crippen LogP contribution in [0.1, 0.15) is 0 Å². The van der Waals surface area contributed by atoms with E-state index in [9.17, 15) is 4.79 Å². The number of para-hydroxylation sites is 2. The largest absolute Gasteiger partial charge is 0.497 e. The van der Waals surface area contributed by atoms with Gasteiger partial charge in [0.2, 0.25) is 11.1 Å². The lowest BCUT2D eigenvalue weighted by molar-refractivity contribution is -0.113.